The molecule has 0 aromatic heterocycles. The normalized spacial score (nSPS) is 43.0. The van der Waals surface area contributed by atoms with Gasteiger partial charge in [-0.15, -0.1) is 0 Å². The molecule has 0 radical (unpaired) electrons. The minimum atomic E-state index is -0.826. The molecule has 12 heavy (non-hydrogen) atoms. The smallest absolute Gasteiger partial charge is 0.183 e. The summed E-state index contributed by atoms with van der Waals surface area (Å²) in [5.41, 5.74) is 0. The van der Waals surface area contributed by atoms with Gasteiger partial charge in [0.05, 0.1) is 12.7 Å². The number of hydrogen-bond acceptors (Lipinski definition) is 5. The highest BCUT2D eigenvalue weighted by molar-refractivity contribution is 4.80. The highest BCUT2D eigenvalue weighted by atomic mass is 16.7. The Balaban J connectivity index is 2.50. The van der Waals surface area contributed by atoms with Gasteiger partial charge in [0.2, 0.25) is 0 Å². The molecule has 0 aliphatic carbocycles. The zero-order valence-corrected chi connectivity index (χ0v) is 6.88. The van der Waals surface area contributed by atoms with Gasteiger partial charge in [-0.1, -0.05) is 0 Å². The van der Waals surface area contributed by atoms with Crippen LogP contribution in [-0.4, -0.2) is 53.6 Å². The van der Waals surface area contributed by atoms with Gasteiger partial charge >= 0.3 is 0 Å². The third-order valence-corrected chi connectivity index (χ3v) is 1.95. The van der Waals surface area contributed by atoms with Gasteiger partial charge in [0, 0.05) is 13.5 Å². The Hall–Kier alpha value is -0.200. The SMILES string of the molecule is CO[C@H]1OC(CO)[C@@H](O)CC1O. The van der Waals surface area contributed by atoms with Crippen molar-refractivity contribution in [1.29, 1.82) is 0 Å². The van der Waals surface area contributed by atoms with Gasteiger partial charge in [-0.2, -0.15) is 0 Å². The first kappa shape index (κ1) is 9.88. The summed E-state index contributed by atoms with van der Waals surface area (Å²) >= 11 is 0. The van der Waals surface area contributed by atoms with Crippen LogP contribution in [0.15, 0.2) is 0 Å². The van der Waals surface area contributed by atoms with E-state index in [0.717, 1.165) is 0 Å². The third-order valence-electron chi connectivity index (χ3n) is 1.95. The van der Waals surface area contributed by atoms with Crippen LogP contribution in [0.4, 0.5) is 0 Å². The number of ether oxygens (including phenoxy) is 2. The number of aliphatic hydroxyl groups is 3. The van der Waals surface area contributed by atoms with Crippen LogP contribution in [0, 0.1) is 0 Å². The van der Waals surface area contributed by atoms with Gasteiger partial charge in [0.25, 0.3) is 0 Å². The molecule has 1 aliphatic rings. The zero-order valence-electron chi connectivity index (χ0n) is 6.88. The molecule has 72 valence electrons. The fraction of sp³-hybridized carbons (Fsp3) is 1.00. The summed E-state index contributed by atoms with van der Waals surface area (Å²) in [4.78, 5) is 0. The Morgan fingerprint density at radius 2 is 2.08 bits per heavy atom. The molecule has 5 nitrogen and oxygen atoms in total. The van der Waals surface area contributed by atoms with Crippen LogP contribution in [0.3, 0.4) is 0 Å². The molecule has 1 fully saturated rings. The monoisotopic (exact) mass is 178 g/mol. The summed E-state index contributed by atoms with van der Waals surface area (Å²) in [5, 5.41) is 27.3. The van der Waals surface area contributed by atoms with Crippen LogP contribution in [0.5, 0.6) is 0 Å². The first-order valence-electron chi connectivity index (χ1n) is 3.84. The van der Waals surface area contributed by atoms with Crippen molar-refractivity contribution < 1.29 is 24.8 Å². The van der Waals surface area contributed by atoms with Crippen LogP contribution in [0.25, 0.3) is 0 Å². The van der Waals surface area contributed by atoms with Gasteiger partial charge in [0.1, 0.15) is 12.2 Å². The number of methoxy groups -OCH3 is 1. The molecule has 1 heterocycles. The van der Waals surface area contributed by atoms with E-state index in [9.17, 15) is 10.2 Å². The fourth-order valence-corrected chi connectivity index (χ4v) is 1.24. The summed E-state index contributed by atoms with van der Waals surface area (Å²) < 4.78 is 9.83. The van der Waals surface area contributed by atoms with Crippen LogP contribution >= 0.6 is 0 Å². The lowest BCUT2D eigenvalue weighted by molar-refractivity contribution is -0.261. The lowest BCUT2D eigenvalue weighted by atomic mass is 10.0. The van der Waals surface area contributed by atoms with Gasteiger partial charge in [-0.05, 0) is 0 Å². The molecule has 0 bridgehead atoms. The maximum Gasteiger partial charge on any atom is 0.183 e. The predicted molar refractivity (Wildman–Crippen MR) is 39.4 cm³/mol. The Morgan fingerprint density at radius 3 is 2.58 bits per heavy atom. The van der Waals surface area contributed by atoms with Gasteiger partial charge in [-0.3, -0.25) is 0 Å². The predicted octanol–water partition coefficient (Wildman–Crippen LogP) is -1.54. The van der Waals surface area contributed by atoms with E-state index in [1.165, 1.54) is 7.11 Å². The average Bonchev–Trinajstić information content (AvgIpc) is 2.05. The molecule has 0 aromatic rings. The number of aliphatic hydroxyl groups excluding tert-OH is 3. The zero-order chi connectivity index (χ0) is 9.14. The van der Waals surface area contributed by atoms with Crippen molar-refractivity contribution in [1.82, 2.24) is 0 Å². The second-order valence-corrected chi connectivity index (χ2v) is 2.83. The molecule has 0 spiro atoms. The van der Waals surface area contributed by atoms with Crippen LogP contribution in [0.2, 0.25) is 0 Å². The van der Waals surface area contributed by atoms with Crippen molar-refractivity contribution >= 4 is 0 Å². The van der Waals surface area contributed by atoms with Crippen molar-refractivity contribution in [2.45, 2.75) is 31.0 Å². The Kier molecular flexibility index (Phi) is 3.42. The lowest BCUT2D eigenvalue weighted by Crippen LogP contribution is -2.49. The lowest BCUT2D eigenvalue weighted by Gasteiger charge is -2.35. The highest BCUT2D eigenvalue weighted by Gasteiger charge is 2.35. The van der Waals surface area contributed by atoms with Gasteiger partial charge in [-0.25, -0.2) is 0 Å². The molecule has 2 unspecified atom stereocenters. The maximum atomic E-state index is 9.26. The number of rotatable bonds is 2. The molecular weight excluding hydrogens is 164 g/mol. The van der Waals surface area contributed by atoms with Gasteiger partial charge in [0.15, 0.2) is 6.29 Å². The summed E-state index contributed by atoms with van der Waals surface area (Å²) in [7, 11) is 1.40. The molecule has 4 atom stereocenters. The van der Waals surface area contributed by atoms with E-state index in [1.807, 2.05) is 0 Å². The van der Waals surface area contributed by atoms with Crippen molar-refractivity contribution in [3.63, 3.8) is 0 Å². The quantitative estimate of drug-likeness (QED) is 0.477. The van der Waals surface area contributed by atoms with Crippen molar-refractivity contribution in [2.24, 2.45) is 0 Å². The standard InChI is InChI=1S/C7H14O5/c1-11-7-5(10)2-4(9)6(3-8)12-7/h4-10H,2-3H2,1H3/t4-,5?,6?,7-/m0/s1. The van der Waals surface area contributed by atoms with Gasteiger partial charge < -0.3 is 24.8 Å². The second-order valence-electron chi connectivity index (χ2n) is 2.83. The Labute approximate surface area is 70.5 Å². The maximum absolute atomic E-state index is 9.26. The van der Waals surface area contributed by atoms with Crippen molar-refractivity contribution in [2.75, 3.05) is 13.7 Å². The number of hydrogen-bond donors (Lipinski definition) is 3. The summed E-state index contributed by atoms with van der Waals surface area (Å²) in [6, 6.07) is 0. The van der Waals surface area contributed by atoms with E-state index in [2.05, 4.69) is 0 Å². The van der Waals surface area contributed by atoms with E-state index >= 15 is 0 Å². The molecule has 3 N–H and O–H groups in total. The Bertz CT molecular complexity index is 126. The first-order chi connectivity index (χ1) is 5.69. The largest absolute Gasteiger partial charge is 0.394 e. The van der Waals surface area contributed by atoms with E-state index in [4.69, 9.17) is 14.6 Å². The first-order valence-corrected chi connectivity index (χ1v) is 3.84. The van der Waals surface area contributed by atoms with E-state index < -0.39 is 24.6 Å². The molecule has 5 heteroatoms. The topological polar surface area (TPSA) is 79.2 Å². The highest BCUT2D eigenvalue weighted by Crippen LogP contribution is 2.20. The third kappa shape index (κ3) is 1.94. The molecular formula is C7H14O5. The molecule has 1 rings (SSSR count). The van der Waals surface area contributed by atoms with Crippen LogP contribution in [0.1, 0.15) is 6.42 Å². The Morgan fingerprint density at radius 1 is 1.42 bits per heavy atom. The second kappa shape index (κ2) is 4.15. The summed E-state index contributed by atoms with van der Waals surface area (Å²) in [6.07, 6.45) is -2.88. The van der Waals surface area contributed by atoms with E-state index in [0.29, 0.717) is 0 Å². The van der Waals surface area contributed by atoms with Crippen LogP contribution < -0.4 is 0 Å². The fourth-order valence-electron chi connectivity index (χ4n) is 1.24. The minimum Gasteiger partial charge on any atom is -0.394 e. The van der Waals surface area contributed by atoms with Crippen molar-refractivity contribution in [3.05, 3.63) is 0 Å². The van der Waals surface area contributed by atoms with Crippen molar-refractivity contribution in [3.8, 4) is 0 Å². The molecule has 0 aromatic carbocycles. The molecule has 1 aliphatic heterocycles. The molecule has 0 amide bonds. The van der Waals surface area contributed by atoms with E-state index in [-0.39, 0.29) is 13.0 Å². The van der Waals surface area contributed by atoms with E-state index in [1.54, 1.807) is 0 Å². The molecule has 0 saturated carbocycles. The average molecular weight is 178 g/mol. The molecule has 1 saturated heterocycles. The minimum absolute atomic E-state index is 0.170. The summed E-state index contributed by atoms with van der Waals surface area (Å²) in [5.74, 6) is 0. The van der Waals surface area contributed by atoms with Crippen LogP contribution in [-0.2, 0) is 9.47 Å². The summed E-state index contributed by atoms with van der Waals surface area (Å²) in [6.45, 7) is -0.270.